The molecule has 5 unspecified atom stereocenters. The van der Waals surface area contributed by atoms with Gasteiger partial charge in [0.25, 0.3) is 0 Å². The molecule has 232 valence electrons. The third-order valence-electron chi connectivity index (χ3n) is 11.0. The van der Waals surface area contributed by atoms with Gasteiger partial charge in [0.1, 0.15) is 29.5 Å². The molecular formula is C41H36N4O2. The molecule has 3 heterocycles. The fourth-order valence-electron chi connectivity index (χ4n) is 8.98. The fourth-order valence-corrected chi connectivity index (χ4v) is 8.98. The van der Waals surface area contributed by atoms with Crippen molar-refractivity contribution in [3.63, 3.8) is 0 Å². The summed E-state index contributed by atoms with van der Waals surface area (Å²) in [4.78, 5) is 17.2. The molecule has 7 aliphatic rings. The van der Waals surface area contributed by atoms with Gasteiger partial charge < -0.3 is 14.1 Å². The number of furan rings is 1. The van der Waals surface area contributed by atoms with E-state index in [0.717, 1.165) is 84.1 Å². The van der Waals surface area contributed by atoms with E-state index in [-0.39, 0.29) is 24.1 Å². The summed E-state index contributed by atoms with van der Waals surface area (Å²) in [5, 5.41) is 1.11. The second-order valence-corrected chi connectivity index (χ2v) is 13.5. The Morgan fingerprint density at radius 2 is 1.79 bits per heavy atom. The molecule has 0 radical (unpaired) electrons. The minimum absolute atomic E-state index is 0.119. The molecule has 0 spiro atoms. The van der Waals surface area contributed by atoms with Crippen LogP contribution in [0.5, 0.6) is 0 Å². The third-order valence-corrected chi connectivity index (χ3v) is 11.0. The van der Waals surface area contributed by atoms with Crippen LogP contribution in [0.1, 0.15) is 61.5 Å². The van der Waals surface area contributed by atoms with Crippen molar-refractivity contribution in [2.75, 3.05) is 0 Å². The van der Waals surface area contributed by atoms with Crippen LogP contribution in [0, 0.1) is 11.8 Å². The van der Waals surface area contributed by atoms with E-state index in [0.29, 0.717) is 17.6 Å². The molecule has 1 aliphatic heterocycles. The number of hydrogen-bond donors (Lipinski definition) is 0. The van der Waals surface area contributed by atoms with Crippen molar-refractivity contribution >= 4 is 22.1 Å². The van der Waals surface area contributed by atoms with Crippen molar-refractivity contribution in [1.29, 1.82) is 0 Å². The first-order chi connectivity index (χ1) is 23.3. The second kappa shape index (κ2) is 10.8. The summed E-state index contributed by atoms with van der Waals surface area (Å²) in [5.41, 5.74) is 8.27. The molecular weight excluding hydrogens is 580 g/mol. The zero-order valence-corrected chi connectivity index (χ0v) is 26.3. The summed E-state index contributed by atoms with van der Waals surface area (Å²) >= 11 is 0. The zero-order chi connectivity index (χ0) is 30.9. The molecule has 6 nitrogen and oxygen atoms in total. The SMILES string of the molecule is C1=CC2=C3C=CCCC3C3OC4=C(C=CCC4)N(C4C=C(c5ncnc(C6=CCCc7oc8ccccc8c76)n5)C=CC4)C3C2C=C1. The predicted molar refractivity (Wildman–Crippen MR) is 184 cm³/mol. The number of allylic oxidation sites excluding steroid dienone is 11. The largest absolute Gasteiger partial charge is 0.490 e. The molecule has 5 atom stereocenters. The number of nitrogens with zero attached hydrogens (tertiary/aromatic N) is 4. The minimum atomic E-state index is 0.119. The monoisotopic (exact) mass is 616 g/mol. The first kappa shape index (κ1) is 27.2. The second-order valence-electron chi connectivity index (χ2n) is 13.5. The molecule has 47 heavy (non-hydrogen) atoms. The first-order valence-electron chi connectivity index (χ1n) is 17.2. The first-order valence-corrected chi connectivity index (χ1v) is 17.2. The van der Waals surface area contributed by atoms with E-state index >= 15 is 0 Å². The number of rotatable bonds is 3. The summed E-state index contributed by atoms with van der Waals surface area (Å²) in [6.07, 6.45) is 36.4. The molecule has 0 saturated heterocycles. The van der Waals surface area contributed by atoms with Gasteiger partial charge in [0.05, 0.1) is 17.8 Å². The van der Waals surface area contributed by atoms with Gasteiger partial charge in [-0.15, -0.1) is 0 Å². The van der Waals surface area contributed by atoms with Crippen molar-refractivity contribution in [3.05, 3.63) is 149 Å². The maximum absolute atomic E-state index is 7.06. The Bertz CT molecular complexity index is 2100. The van der Waals surface area contributed by atoms with Crippen LogP contribution in [0.15, 0.2) is 131 Å². The van der Waals surface area contributed by atoms with Crippen LogP contribution in [-0.2, 0) is 11.2 Å². The lowest BCUT2D eigenvalue weighted by atomic mass is 9.66. The normalized spacial score (nSPS) is 28.7. The Morgan fingerprint density at radius 1 is 0.851 bits per heavy atom. The third kappa shape index (κ3) is 4.27. The molecule has 6 heteroatoms. The summed E-state index contributed by atoms with van der Waals surface area (Å²) < 4.78 is 13.3. The average Bonchev–Trinajstić information content (AvgIpc) is 3.53. The Labute approximate surface area is 274 Å². The Balaban J connectivity index is 1.05. The van der Waals surface area contributed by atoms with Crippen molar-refractivity contribution < 1.29 is 9.15 Å². The van der Waals surface area contributed by atoms with E-state index in [4.69, 9.17) is 24.1 Å². The van der Waals surface area contributed by atoms with E-state index in [1.54, 1.807) is 6.33 Å². The number of hydrogen-bond acceptors (Lipinski definition) is 6. The summed E-state index contributed by atoms with van der Waals surface area (Å²) in [6, 6.07) is 8.61. The summed E-state index contributed by atoms with van der Waals surface area (Å²) in [7, 11) is 0. The van der Waals surface area contributed by atoms with Gasteiger partial charge in [0.2, 0.25) is 0 Å². The highest BCUT2D eigenvalue weighted by Crippen LogP contribution is 2.51. The number of aromatic nitrogens is 3. The summed E-state index contributed by atoms with van der Waals surface area (Å²) in [6.45, 7) is 0. The van der Waals surface area contributed by atoms with Crippen LogP contribution in [0.2, 0.25) is 0 Å². The Kier molecular flexibility index (Phi) is 6.24. The van der Waals surface area contributed by atoms with Gasteiger partial charge in [-0.2, -0.15) is 0 Å². The lowest BCUT2D eigenvalue weighted by molar-refractivity contribution is -0.0530. The molecule has 10 rings (SSSR count). The number of aryl methyl sites for hydroxylation is 1. The highest BCUT2D eigenvalue weighted by molar-refractivity contribution is 5.96. The molecule has 0 amide bonds. The van der Waals surface area contributed by atoms with E-state index in [1.165, 1.54) is 16.8 Å². The van der Waals surface area contributed by atoms with E-state index in [1.807, 2.05) is 12.1 Å². The molecule has 2 aromatic heterocycles. The van der Waals surface area contributed by atoms with Crippen LogP contribution < -0.4 is 0 Å². The molecule has 0 fully saturated rings. The predicted octanol–water partition coefficient (Wildman–Crippen LogP) is 8.36. The van der Waals surface area contributed by atoms with E-state index in [9.17, 15) is 0 Å². The molecule has 6 aliphatic carbocycles. The van der Waals surface area contributed by atoms with Crippen LogP contribution in [0.4, 0.5) is 0 Å². The quantitative estimate of drug-likeness (QED) is 0.295. The van der Waals surface area contributed by atoms with Crippen LogP contribution in [0.25, 0.3) is 22.1 Å². The van der Waals surface area contributed by atoms with Gasteiger partial charge in [-0.1, -0.05) is 85.0 Å². The number of benzene rings is 1. The van der Waals surface area contributed by atoms with Crippen molar-refractivity contribution in [2.24, 2.45) is 11.8 Å². The van der Waals surface area contributed by atoms with Crippen molar-refractivity contribution in [3.8, 4) is 0 Å². The highest BCUT2D eigenvalue weighted by Gasteiger charge is 2.51. The number of para-hydroxylation sites is 1. The van der Waals surface area contributed by atoms with Crippen LogP contribution >= 0.6 is 0 Å². The van der Waals surface area contributed by atoms with Gasteiger partial charge in [0, 0.05) is 46.8 Å². The topological polar surface area (TPSA) is 64.3 Å². The maximum atomic E-state index is 7.06. The van der Waals surface area contributed by atoms with E-state index in [2.05, 4.69) is 89.9 Å². The van der Waals surface area contributed by atoms with Crippen LogP contribution in [0.3, 0.4) is 0 Å². The maximum Gasteiger partial charge on any atom is 0.163 e. The zero-order valence-electron chi connectivity index (χ0n) is 26.3. The van der Waals surface area contributed by atoms with E-state index < -0.39 is 0 Å². The molecule has 0 saturated carbocycles. The summed E-state index contributed by atoms with van der Waals surface area (Å²) in [5.74, 6) is 4.24. The average molecular weight is 617 g/mol. The van der Waals surface area contributed by atoms with Gasteiger partial charge >= 0.3 is 0 Å². The molecule has 1 aromatic carbocycles. The smallest absolute Gasteiger partial charge is 0.163 e. The van der Waals surface area contributed by atoms with Crippen LogP contribution in [-0.4, -0.2) is 38.0 Å². The molecule has 3 aromatic rings. The number of fused-ring (bicyclic) bond motifs is 8. The van der Waals surface area contributed by atoms with Gasteiger partial charge in [-0.3, -0.25) is 0 Å². The van der Waals surface area contributed by atoms with Gasteiger partial charge in [-0.25, -0.2) is 15.0 Å². The minimum Gasteiger partial charge on any atom is -0.490 e. The lowest BCUT2D eigenvalue weighted by Gasteiger charge is -2.55. The lowest BCUT2D eigenvalue weighted by Crippen LogP contribution is -2.60. The van der Waals surface area contributed by atoms with Gasteiger partial charge in [-0.05, 0) is 55.4 Å². The highest BCUT2D eigenvalue weighted by atomic mass is 16.5. The molecule has 0 N–H and O–H groups in total. The van der Waals surface area contributed by atoms with Crippen molar-refractivity contribution in [1.82, 2.24) is 19.9 Å². The Morgan fingerprint density at radius 3 is 2.79 bits per heavy atom. The van der Waals surface area contributed by atoms with Gasteiger partial charge in [0.15, 0.2) is 11.6 Å². The van der Waals surface area contributed by atoms with Crippen molar-refractivity contribution in [2.45, 2.75) is 63.1 Å². The molecule has 0 bridgehead atoms. The Hall–Kier alpha value is -4.97. The standard InChI is InChI=1S/C41H36N4O2/c1-3-15-29-27(13-1)28-14-2-4-16-30(28)39-38(29)45(33-19-6-8-21-35(33)47-39)26-12-9-11-25(23-26)40-42-24-43-41(44-40)32-18-10-22-36-37(32)31-17-5-7-20-34(31)46-36/h1-3,5-7,9,11,13-15,17-20,23-24,26,29-30,38-39H,4,8,10,12,16,21-22H2. The fraction of sp³-hybridized carbons (Fsp3) is 0.293. The number of ether oxygens (including phenoxy) is 1.